The standard InChI is InChI=1S/C27H36ClN3O3/c1-15-11-16(2)30-26(33)22(15)14-29-25(32)20-12-23(28)24-21(17(20)3)13-27(4,34-24)18-7-9-19(10-8-18)31(5)6/h11-12,18-19H,7-10,13-14H2,1-6H3,(H,29,32)(H,30,33). The summed E-state index contributed by atoms with van der Waals surface area (Å²) in [5.74, 6) is 0.945. The number of pyridine rings is 1. The van der Waals surface area contributed by atoms with Gasteiger partial charge in [-0.25, -0.2) is 0 Å². The van der Waals surface area contributed by atoms with Gasteiger partial charge in [0.15, 0.2) is 0 Å². The topological polar surface area (TPSA) is 74.4 Å². The Morgan fingerprint density at radius 3 is 2.50 bits per heavy atom. The Labute approximate surface area is 207 Å². The van der Waals surface area contributed by atoms with Gasteiger partial charge in [-0.1, -0.05) is 11.6 Å². The van der Waals surface area contributed by atoms with Crippen molar-refractivity contribution in [1.82, 2.24) is 15.2 Å². The van der Waals surface area contributed by atoms with E-state index in [4.69, 9.17) is 16.3 Å². The van der Waals surface area contributed by atoms with Crippen LogP contribution in [0.2, 0.25) is 5.02 Å². The number of halogens is 1. The van der Waals surface area contributed by atoms with Crippen LogP contribution in [0.4, 0.5) is 0 Å². The van der Waals surface area contributed by atoms with Crippen LogP contribution >= 0.6 is 11.6 Å². The molecule has 184 valence electrons. The molecule has 2 aromatic rings. The second-order valence-corrected chi connectivity index (χ2v) is 10.9. The lowest BCUT2D eigenvalue weighted by molar-refractivity contribution is 0.0163. The van der Waals surface area contributed by atoms with Gasteiger partial charge in [-0.3, -0.25) is 9.59 Å². The van der Waals surface area contributed by atoms with E-state index in [9.17, 15) is 9.59 Å². The maximum Gasteiger partial charge on any atom is 0.253 e. The Bertz CT molecular complexity index is 1160. The molecule has 7 heteroatoms. The predicted molar refractivity (Wildman–Crippen MR) is 136 cm³/mol. The van der Waals surface area contributed by atoms with E-state index in [0.717, 1.165) is 47.4 Å². The smallest absolute Gasteiger partial charge is 0.253 e. The molecule has 0 radical (unpaired) electrons. The highest BCUT2D eigenvalue weighted by molar-refractivity contribution is 6.32. The largest absolute Gasteiger partial charge is 0.485 e. The number of H-pyrrole nitrogens is 1. The zero-order valence-electron chi connectivity index (χ0n) is 21.1. The quantitative estimate of drug-likeness (QED) is 0.643. The summed E-state index contributed by atoms with van der Waals surface area (Å²) in [4.78, 5) is 30.6. The van der Waals surface area contributed by atoms with E-state index in [0.29, 0.717) is 28.1 Å². The van der Waals surface area contributed by atoms with Crippen molar-refractivity contribution in [3.05, 3.63) is 61.0 Å². The minimum Gasteiger partial charge on any atom is -0.485 e. The van der Waals surface area contributed by atoms with Crippen molar-refractivity contribution in [2.45, 2.75) is 78.0 Å². The second kappa shape index (κ2) is 9.38. The van der Waals surface area contributed by atoms with Crippen LogP contribution in [0.15, 0.2) is 16.9 Å². The Kier molecular flexibility index (Phi) is 6.85. The van der Waals surface area contributed by atoms with Crippen LogP contribution < -0.4 is 15.6 Å². The van der Waals surface area contributed by atoms with Gasteiger partial charge in [-0.15, -0.1) is 0 Å². The van der Waals surface area contributed by atoms with Crippen LogP contribution in [0.1, 0.15) is 70.9 Å². The summed E-state index contributed by atoms with van der Waals surface area (Å²) in [7, 11) is 4.31. The minimum atomic E-state index is -0.310. The van der Waals surface area contributed by atoms with Crippen molar-refractivity contribution >= 4 is 17.5 Å². The Hall–Kier alpha value is -2.31. The van der Waals surface area contributed by atoms with Gasteiger partial charge in [0.2, 0.25) is 0 Å². The molecular weight excluding hydrogens is 450 g/mol. The number of aromatic nitrogens is 1. The molecule has 6 nitrogen and oxygen atoms in total. The molecule has 1 saturated carbocycles. The van der Waals surface area contributed by atoms with Gasteiger partial charge in [0.25, 0.3) is 11.5 Å². The van der Waals surface area contributed by atoms with Gasteiger partial charge in [0.1, 0.15) is 11.4 Å². The van der Waals surface area contributed by atoms with Gasteiger partial charge >= 0.3 is 0 Å². The SMILES string of the molecule is Cc1cc(C)c(CNC(=O)c2cc(Cl)c3c(c2C)CC(C)(C2CCC(N(C)C)CC2)O3)c(=O)[nH]1. The Balaban J connectivity index is 1.52. The average molecular weight is 486 g/mol. The summed E-state index contributed by atoms with van der Waals surface area (Å²) < 4.78 is 6.53. The van der Waals surface area contributed by atoms with Gasteiger partial charge < -0.3 is 19.9 Å². The maximum absolute atomic E-state index is 13.1. The Morgan fingerprint density at radius 2 is 1.88 bits per heavy atom. The highest BCUT2D eigenvalue weighted by atomic mass is 35.5. The lowest BCUT2D eigenvalue weighted by atomic mass is 9.74. The average Bonchev–Trinajstić information content (AvgIpc) is 3.15. The molecule has 0 spiro atoms. The van der Waals surface area contributed by atoms with E-state index >= 15 is 0 Å². The van der Waals surface area contributed by atoms with Crippen LogP contribution in [0.5, 0.6) is 5.75 Å². The predicted octanol–water partition coefficient (Wildman–Crippen LogP) is 4.70. The van der Waals surface area contributed by atoms with Crippen LogP contribution in [-0.4, -0.2) is 41.5 Å². The van der Waals surface area contributed by atoms with E-state index in [1.54, 1.807) is 6.07 Å². The third-order valence-electron chi connectivity index (χ3n) is 7.94. The second-order valence-electron chi connectivity index (χ2n) is 10.5. The monoisotopic (exact) mass is 485 g/mol. The normalized spacial score (nSPS) is 24.1. The molecule has 0 bridgehead atoms. The van der Waals surface area contributed by atoms with Gasteiger partial charge in [0, 0.05) is 41.4 Å². The van der Waals surface area contributed by atoms with E-state index in [1.165, 1.54) is 12.8 Å². The molecule has 34 heavy (non-hydrogen) atoms. The molecule has 2 heterocycles. The molecule has 4 rings (SSSR count). The molecule has 1 amide bonds. The van der Waals surface area contributed by atoms with Crippen molar-refractivity contribution in [3.8, 4) is 5.75 Å². The van der Waals surface area contributed by atoms with Crippen LogP contribution in [0.3, 0.4) is 0 Å². The zero-order valence-corrected chi connectivity index (χ0v) is 21.9. The molecule has 2 N–H and O–H groups in total. The molecule has 1 aromatic heterocycles. The van der Waals surface area contributed by atoms with Crippen LogP contribution in [0, 0.1) is 26.7 Å². The van der Waals surface area contributed by atoms with Crippen molar-refractivity contribution in [2.75, 3.05) is 14.1 Å². The number of hydrogen-bond acceptors (Lipinski definition) is 4. The summed E-state index contributed by atoms with van der Waals surface area (Å²) in [6.07, 6.45) is 5.35. The van der Waals surface area contributed by atoms with E-state index < -0.39 is 0 Å². The Morgan fingerprint density at radius 1 is 1.21 bits per heavy atom. The summed E-state index contributed by atoms with van der Waals surface area (Å²) in [5, 5.41) is 3.39. The number of aromatic amines is 1. The fourth-order valence-electron chi connectivity index (χ4n) is 5.75. The number of amides is 1. The number of nitrogens with zero attached hydrogens (tertiary/aromatic N) is 1. The van der Waals surface area contributed by atoms with Crippen molar-refractivity contribution < 1.29 is 9.53 Å². The number of benzene rings is 1. The summed E-state index contributed by atoms with van der Waals surface area (Å²) in [6, 6.07) is 4.24. The first-order valence-electron chi connectivity index (χ1n) is 12.1. The van der Waals surface area contributed by atoms with E-state index in [2.05, 4.69) is 36.2 Å². The number of carbonyl (C=O) groups is 1. The van der Waals surface area contributed by atoms with Crippen molar-refractivity contribution in [3.63, 3.8) is 0 Å². The lowest BCUT2D eigenvalue weighted by Crippen LogP contribution is -2.44. The molecule has 1 aromatic carbocycles. The number of hydrogen-bond donors (Lipinski definition) is 2. The highest BCUT2D eigenvalue weighted by Gasteiger charge is 2.45. The molecule has 1 aliphatic carbocycles. The van der Waals surface area contributed by atoms with Crippen molar-refractivity contribution in [2.24, 2.45) is 5.92 Å². The molecule has 1 unspecified atom stereocenters. The number of nitrogens with one attached hydrogen (secondary N) is 2. The first kappa shape index (κ1) is 24.8. The molecule has 1 aliphatic heterocycles. The van der Waals surface area contributed by atoms with Crippen LogP contribution in [0.25, 0.3) is 0 Å². The summed E-state index contributed by atoms with van der Waals surface area (Å²) in [5.41, 5.74) is 4.21. The van der Waals surface area contributed by atoms with Gasteiger partial charge in [-0.2, -0.15) is 0 Å². The number of carbonyl (C=O) groups excluding carboxylic acids is 1. The first-order chi connectivity index (χ1) is 16.0. The molecular formula is C27H36ClN3O3. The molecule has 1 fully saturated rings. The number of rotatable bonds is 5. The minimum absolute atomic E-state index is 0.164. The van der Waals surface area contributed by atoms with E-state index in [-0.39, 0.29) is 23.6 Å². The lowest BCUT2D eigenvalue weighted by Gasteiger charge is -2.40. The van der Waals surface area contributed by atoms with Gasteiger partial charge in [0.05, 0.1) is 5.02 Å². The third kappa shape index (κ3) is 4.63. The number of ether oxygens (including phenoxy) is 1. The molecule has 0 saturated heterocycles. The van der Waals surface area contributed by atoms with Crippen molar-refractivity contribution in [1.29, 1.82) is 0 Å². The first-order valence-corrected chi connectivity index (χ1v) is 12.5. The highest BCUT2D eigenvalue weighted by Crippen LogP contribution is 2.49. The van der Waals surface area contributed by atoms with Crippen LogP contribution in [-0.2, 0) is 13.0 Å². The number of fused-ring (bicyclic) bond motifs is 1. The zero-order chi connectivity index (χ0) is 24.8. The summed E-state index contributed by atoms with van der Waals surface area (Å²) in [6.45, 7) is 8.04. The maximum atomic E-state index is 13.1. The summed E-state index contributed by atoms with van der Waals surface area (Å²) >= 11 is 6.64. The fourth-order valence-corrected chi connectivity index (χ4v) is 6.01. The fraction of sp³-hybridized carbons (Fsp3) is 0.556. The van der Waals surface area contributed by atoms with Gasteiger partial charge in [-0.05, 0) is 96.7 Å². The molecule has 1 atom stereocenters. The third-order valence-corrected chi connectivity index (χ3v) is 8.22. The van der Waals surface area contributed by atoms with E-state index in [1.807, 2.05) is 26.8 Å². The molecule has 2 aliphatic rings. The number of aryl methyl sites for hydroxylation is 2.